The van der Waals surface area contributed by atoms with E-state index >= 15 is 0 Å². The number of hydrogen-bond acceptors (Lipinski definition) is 2. The molecule has 1 aliphatic rings. The van der Waals surface area contributed by atoms with E-state index in [-0.39, 0.29) is 5.91 Å². The Morgan fingerprint density at radius 3 is 2.58 bits per heavy atom. The molecule has 1 amide bonds. The van der Waals surface area contributed by atoms with E-state index in [1.54, 1.807) is 0 Å². The van der Waals surface area contributed by atoms with Gasteiger partial charge in [0.2, 0.25) is 0 Å². The van der Waals surface area contributed by atoms with Gasteiger partial charge in [0.25, 0.3) is 5.91 Å². The Balaban J connectivity index is 1.60. The van der Waals surface area contributed by atoms with E-state index < -0.39 is 5.54 Å². The van der Waals surface area contributed by atoms with Crippen molar-refractivity contribution in [3.8, 4) is 11.1 Å². The zero-order valence-electron chi connectivity index (χ0n) is 19.5. The topological polar surface area (TPSA) is 49.0 Å². The van der Waals surface area contributed by atoms with Crippen molar-refractivity contribution < 1.29 is 4.79 Å². The van der Waals surface area contributed by atoms with Gasteiger partial charge >= 0.3 is 0 Å². The standard InChI is InChI=1S/C28H28BrN3O/c1-17-11-12-21(20-9-6-5-7-10-20)22(15-17)26(33)32-14-8-13-28(32,4)27-30-24-16-23(29)18(2)19(3)25(24)31-27/h5-7,9-12,15-16H,8,13-14H2,1-4H3,(H,30,31). The van der Waals surface area contributed by atoms with Crippen LogP contribution < -0.4 is 0 Å². The van der Waals surface area contributed by atoms with Crippen molar-refractivity contribution >= 4 is 32.9 Å². The molecule has 1 unspecified atom stereocenters. The van der Waals surface area contributed by atoms with Gasteiger partial charge in [-0.15, -0.1) is 0 Å². The number of hydrogen-bond donors (Lipinski definition) is 1. The molecule has 1 aromatic heterocycles. The molecule has 1 atom stereocenters. The van der Waals surface area contributed by atoms with Crippen molar-refractivity contribution in [1.29, 1.82) is 0 Å². The predicted octanol–water partition coefficient (Wildman–Crippen LogP) is 7.07. The van der Waals surface area contributed by atoms with Gasteiger partial charge in [0, 0.05) is 16.6 Å². The first kappa shape index (κ1) is 21.9. The van der Waals surface area contributed by atoms with E-state index in [1.165, 1.54) is 5.56 Å². The first-order valence-electron chi connectivity index (χ1n) is 11.4. The SMILES string of the molecule is Cc1ccc(-c2ccccc2)c(C(=O)N2CCCC2(C)c2nc3c(C)c(C)c(Br)cc3[nH]2)c1. The van der Waals surface area contributed by atoms with E-state index in [4.69, 9.17) is 4.98 Å². The quantitative estimate of drug-likeness (QED) is 0.326. The Kier molecular flexibility index (Phi) is 5.40. The minimum atomic E-state index is -0.485. The maximum atomic E-state index is 14.0. The van der Waals surface area contributed by atoms with Crippen molar-refractivity contribution in [3.05, 3.63) is 87.1 Å². The monoisotopic (exact) mass is 501 g/mol. The van der Waals surface area contributed by atoms with Gasteiger partial charge < -0.3 is 9.88 Å². The molecule has 3 aromatic carbocycles. The number of nitrogens with zero attached hydrogens (tertiary/aromatic N) is 2. The van der Waals surface area contributed by atoms with Crippen molar-refractivity contribution in [2.45, 2.75) is 46.1 Å². The normalized spacial score (nSPS) is 18.3. The van der Waals surface area contributed by atoms with Gasteiger partial charge in [-0.25, -0.2) is 4.98 Å². The Labute approximate surface area is 203 Å². The van der Waals surface area contributed by atoms with Gasteiger partial charge in [-0.2, -0.15) is 0 Å². The average molecular weight is 502 g/mol. The zero-order chi connectivity index (χ0) is 23.3. The molecule has 4 nitrogen and oxygen atoms in total. The van der Waals surface area contributed by atoms with Gasteiger partial charge in [0.15, 0.2) is 0 Å². The van der Waals surface area contributed by atoms with Crippen molar-refractivity contribution in [2.24, 2.45) is 0 Å². The molecule has 0 spiro atoms. The Morgan fingerprint density at radius 2 is 1.82 bits per heavy atom. The lowest BCUT2D eigenvalue weighted by molar-refractivity contribution is 0.0606. The molecule has 2 heterocycles. The first-order valence-corrected chi connectivity index (χ1v) is 12.2. The van der Waals surface area contributed by atoms with E-state index in [2.05, 4.69) is 72.0 Å². The average Bonchev–Trinajstić information content (AvgIpc) is 3.42. The van der Waals surface area contributed by atoms with Crippen LogP contribution in [-0.2, 0) is 5.54 Å². The fourth-order valence-corrected chi connectivity index (χ4v) is 5.53. The third kappa shape index (κ3) is 3.59. The number of H-pyrrole nitrogens is 1. The number of likely N-dealkylation sites (tertiary alicyclic amines) is 1. The van der Waals surface area contributed by atoms with Crippen LogP contribution >= 0.6 is 15.9 Å². The highest BCUT2D eigenvalue weighted by molar-refractivity contribution is 9.10. The van der Waals surface area contributed by atoms with Crippen LogP contribution in [0.15, 0.2) is 59.1 Å². The molecule has 0 radical (unpaired) electrons. The highest BCUT2D eigenvalue weighted by Gasteiger charge is 2.44. The number of benzene rings is 3. The van der Waals surface area contributed by atoms with Crippen LogP contribution in [0.1, 0.15) is 52.6 Å². The summed E-state index contributed by atoms with van der Waals surface area (Å²) >= 11 is 3.66. The maximum absolute atomic E-state index is 14.0. The Hall–Kier alpha value is -2.92. The lowest BCUT2D eigenvalue weighted by Crippen LogP contribution is -2.43. The second kappa shape index (κ2) is 8.14. The number of amides is 1. The molecule has 1 N–H and O–H groups in total. The van der Waals surface area contributed by atoms with E-state index in [0.29, 0.717) is 0 Å². The number of aromatic amines is 1. The number of aryl methyl sites for hydroxylation is 2. The number of halogens is 1. The summed E-state index contributed by atoms with van der Waals surface area (Å²) in [6, 6.07) is 18.4. The molecular formula is C28H28BrN3O. The summed E-state index contributed by atoms with van der Waals surface area (Å²) in [6.45, 7) is 9.10. The molecule has 168 valence electrons. The lowest BCUT2D eigenvalue weighted by atomic mass is 9.94. The zero-order valence-corrected chi connectivity index (χ0v) is 21.1. The predicted molar refractivity (Wildman–Crippen MR) is 138 cm³/mol. The van der Waals surface area contributed by atoms with Crippen LogP contribution in [0, 0.1) is 20.8 Å². The summed E-state index contributed by atoms with van der Waals surface area (Å²) in [4.78, 5) is 24.6. The van der Waals surface area contributed by atoms with Crippen LogP contribution in [0.25, 0.3) is 22.2 Å². The van der Waals surface area contributed by atoms with Crippen molar-refractivity contribution in [3.63, 3.8) is 0 Å². The summed E-state index contributed by atoms with van der Waals surface area (Å²) in [5.41, 5.74) is 7.71. The number of carbonyl (C=O) groups is 1. The number of nitrogens with one attached hydrogen (secondary N) is 1. The number of aromatic nitrogens is 2. The number of rotatable bonds is 3. The Morgan fingerprint density at radius 1 is 1.06 bits per heavy atom. The molecule has 5 heteroatoms. The summed E-state index contributed by atoms with van der Waals surface area (Å²) in [7, 11) is 0. The van der Waals surface area contributed by atoms with E-state index in [0.717, 1.165) is 68.5 Å². The van der Waals surface area contributed by atoms with Gasteiger partial charge in [0.1, 0.15) is 5.82 Å². The molecule has 0 bridgehead atoms. The minimum absolute atomic E-state index is 0.0621. The van der Waals surface area contributed by atoms with Gasteiger partial charge in [0.05, 0.1) is 16.6 Å². The van der Waals surface area contributed by atoms with Crippen LogP contribution in [0.5, 0.6) is 0 Å². The molecule has 4 aromatic rings. The highest BCUT2D eigenvalue weighted by atomic mass is 79.9. The van der Waals surface area contributed by atoms with Crippen molar-refractivity contribution in [2.75, 3.05) is 6.54 Å². The summed E-state index contributed by atoms with van der Waals surface area (Å²) in [6.07, 6.45) is 1.83. The second-order valence-corrected chi connectivity index (χ2v) is 10.2. The largest absolute Gasteiger partial charge is 0.340 e. The third-order valence-electron chi connectivity index (χ3n) is 7.17. The molecular weight excluding hydrogens is 474 g/mol. The van der Waals surface area contributed by atoms with Crippen LogP contribution in [-0.4, -0.2) is 27.3 Å². The smallest absolute Gasteiger partial charge is 0.255 e. The van der Waals surface area contributed by atoms with Crippen LogP contribution in [0.4, 0.5) is 0 Å². The molecule has 5 rings (SSSR count). The third-order valence-corrected chi connectivity index (χ3v) is 7.99. The number of carbonyl (C=O) groups excluding carboxylic acids is 1. The van der Waals surface area contributed by atoms with E-state index in [1.807, 2.05) is 36.1 Å². The lowest BCUT2D eigenvalue weighted by Gasteiger charge is -2.34. The van der Waals surface area contributed by atoms with Gasteiger partial charge in [-0.3, -0.25) is 4.79 Å². The summed E-state index contributed by atoms with van der Waals surface area (Å²) in [5.74, 6) is 0.921. The number of imidazole rings is 1. The van der Waals surface area contributed by atoms with Crippen molar-refractivity contribution in [1.82, 2.24) is 14.9 Å². The van der Waals surface area contributed by atoms with E-state index in [9.17, 15) is 4.79 Å². The molecule has 0 saturated carbocycles. The molecule has 1 fully saturated rings. The van der Waals surface area contributed by atoms with Crippen LogP contribution in [0.3, 0.4) is 0 Å². The molecule has 1 saturated heterocycles. The second-order valence-electron chi connectivity index (χ2n) is 9.34. The number of fused-ring (bicyclic) bond motifs is 1. The summed E-state index contributed by atoms with van der Waals surface area (Å²) in [5, 5.41) is 0. The molecule has 0 aliphatic carbocycles. The maximum Gasteiger partial charge on any atom is 0.255 e. The van der Waals surface area contributed by atoms with Crippen LogP contribution in [0.2, 0.25) is 0 Å². The molecule has 1 aliphatic heterocycles. The fourth-order valence-electron chi connectivity index (χ4n) is 5.01. The Bertz CT molecular complexity index is 1380. The molecule has 33 heavy (non-hydrogen) atoms. The van der Waals surface area contributed by atoms with Gasteiger partial charge in [-0.1, -0.05) is 64.0 Å². The highest BCUT2D eigenvalue weighted by Crippen LogP contribution is 2.41. The summed E-state index contributed by atoms with van der Waals surface area (Å²) < 4.78 is 1.07. The minimum Gasteiger partial charge on any atom is -0.340 e. The fraction of sp³-hybridized carbons (Fsp3) is 0.286. The van der Waals surface area contributed by atoms with Gasteiger partial charge in [-0.05, 0) is 74.9 Å². The first-order chi connectivity index (χ1) is 15.8.